The Bertz CT molecular complexity index is 737. The minimum atomic E-state index is -0.0509. The van der Waals surface area contributed by atoms with Crippen LogP contribution in [-0.4, -0.2) is 51.2 Å². The summed E-state index contributed by atoms with van der Waals surface area (Å²) >= 11 is 0. The van der Waals surface area contributed by atoms with E-state index in [0.717, 1.165) is 6.42 Å². The molecule has 2 aromatic heterocycles. The fourth-order valence-corrected chi connectivity index (χ4v) is 3.57. The van der Waals surface area contributed by atoms with Crippen molar-refractivity contribution in [1.29, 1.82) is 0 Å². The summed E-state index contributed by atoms with van der Waals surface area (Å²) in [6.07, 6.45) is 4.57. The molecule has 2 atom stereocenters. The fraction of sp³-hybridized carbons (Fsp3) is 0.588. The molecule has 6 nitrogen and oxygen atoms in total. The molecule has 1 aliphatic rings. The maximum Gasteiger partial charge on any atom is 0.259 e. The van der Waals surface area contributed by atoms with Crippen molar-refractivity contribution in [3.05, 3.63) is 29.7 Å². The predicted molar refractivity (Wildman–Crippen MR) is 87.4 cm³/mol. The first-order valence-electron chi connectivity index (χ1n) is 8.06. The van der Waals surface area contributed by atoms with Crippen LogP contribution in [0.3, 0.4) is 0 Å². The second-order valence-electron chi connectivity index (χ2n) is 6.78. The van der Waals surface area contributed by atoms with E-state index in [4.69, 9.17) is 4.74 Å². The lowest BCUT2D eigenvalue weighted by Crippen LogP contribution is -2.62. The molecule has 2 aromatic rings. The van der Waals surface area contributed by atoms with Crippen molar-refractivity contribution in [3.63, 3.8) is 0 Å². The Morgan fingerprint density at radius 2 is 2.26 bits per heavy atom. The van der Waals surface area contributed by atoms with Gasteiger partial charge >= 0.3 is 0 Å². The first-order chi connectivity index (χ1) is 10.9. The fourth-order valence-electron chi connectivity index (χ4n) is 3.57. The quantitative estimate of drug-likeness (QED) is 0.868. The van der Waals surface area contributed by atoms with Crippen LogP contribution in [0, 0.1) is 12.3 Å². The second kappa shape index (κ2) is 5.60. The van der Waals surface area contributed by atoms with Gasteiger partial charge in [-0.3, -0.25) is 4.79 Å². The number of amides is 1. The summed E-state index contributed by atoms with van der Waals surface area (Å²) in [5.74, 6) is -0.0239. The minimum Gasteiger partial charge on any atom is -0.378 e. The smallest absolute Gasteiger partial charge is 0.259 e. The Morgan fingerprint density at radius 3 is 2.91 bits per heavy atom. The Morgan fingerprint density at radius 1 is 1.52 bits per heavy atom. The van der Waals surface area contributed by atoms with Gasteiger partial charge in [0.1, 0.15) is 5.56 Å². The molecule has 1 aliphatic carbocycles. The molecular formula is C17H24N4O2. The lowest BCUT2D eigenvalue weighted by molar-refractivity contribution is -0.136. The lowest BCUT2D eigenvalue weighted by atomic mass is 9.63. The Kier molecular flexibility index (Phi) is 3.88. The first-order valence-corrected chi connectivity index (χ1v) is 8.06. The average Bonchev–Trinajstić information content (AvgIpc) is 2.85. The van der Waals surface area contributed by atoms with E-state index in [0.29, 0.717) is 23.5 Å². The molecule has 0 unspecified atom stereocenters. The standard InChI is InChI=1S/C17H24N4O2/c1-6-23-13-10-12(17(13,3)4)20(5)16(22)14-11(2)19-21-9-7-8-18-15(14)21/h7-9,12-13H,6,10H2,1-5H3/t12-,13-/m1/s1. The van der Waals surface area contributed by atoms with Gasteiger partial charge in [-0.15, -0.1) is 0 Å². The minimum absolute atomic E-state index is 0.0239. The first kappa shape index (κ1) is 15.9. The number of hydrogen-bond donors (Lipinski definition) is 0. The van der Waals surface area contributed by atoms with Gasteiger partial charge in [0.2, 0.25) is 0 Å². The van der Waals surface area contributed by atoms with E-state index < -0.39 is 0 Å². The molecule has 0 radical (unpaired) electrons. The van der Waals surface area contributed by atoms with E-state index in [-0.39, 0.29) is 23.5 Å². The molecule has 1 fully saturated rings. The van der Waals surface area contributed by atoms with Gasteiger partial charge in [0.05, 0.1) is 11.8 Å². The van der Waals surface area contributed by atoms with E-state index in [1.165, 1.54) is 0 Å². The van der Waals surface area contributed by atoms with E-state index in [9.17, 15) is 4.79 Å². The SMILES string of the molecule is CCO[C@@H]1C[C@@H](N(C)C(=O)c2c(C)nn3cccnc23)C1(C)C. The third-order valence-electron chi connectivity index (χ3n) is 5.07. The summed E-state index contributed by atoms with van der Waals surface area (Å²) < 4.78 is 7.43. The van der Waals surface area contributed by atoms with Crippen LogP contribution in [0.15, 0.2) is 18.5 Å². The van der Waals surface area contributed by atoms with Gasteiger partial charge in [-0.1, -0.05) is 13.8 Å². The Hall–Kier alpha value is -1.95. The molecule has 1 saturated carbocycles. The van der Waals surface area contributed by atoms with Crippen LogP contribution in [-0.2, 0) is 4.74 Å². The van der Waals surface area contributed by atoms with Crippen LogP contribution in [0.4, 0.5) is 0 Å². The lowest BCUT2D eigenvalue weighted by Gasteiger charge is -2.54. The normalized spacial score (nSPS) is 22.8. The topological polar surface area (TPSA) is 59.7 Å². The summed E-state index contributed by atoms with van der Waals surface area (Å²) in [4.78, 5) is 19.2. The average molecular weight is 316 g/mol. The van der Waals surface area contributed by atoms with Gasteiger partial charge in [0, 0.05) is 37.5 Å². The number of hydrogen-bond acceptors (Lipinski definition) is 4. The van der Waals surface area contributed by atoms with Crippen molar-refractivity contribution >= 4 is 11.6 Å². The van der Waals surface area contributed by atoms with Gasteiger partial charge in [0.25, 0.3) is 5.91 Å². The van der Waals surface area contributed by atoms with Crippen LogP contribution in [0.5, 0.6) is 0 Å². The van der Waals surface area contributed by atoms with Crippen molar-refractivity contribution in [2.75, 3.05) is 13.7 Å². The van der Waals surface area contributed by atoms with Crippen molar-refractivity contribution in [3.8, 4) is 0 Å². The molecule has 0 bridgehead atoms. The third-order valence-corrected chi connectivity index (χ3v) is 5.07. The van der Waals surface area contributed by atoms with E-state index in [1.54, 1.807) is 16.8 Å². The molecule has 3 rings (SSSR count). The third kappa shape index (κ3) is 2.41. The summed E-state index contributed by atoms with van der Waals surface area (Å²) in [6.45, 7) is 8.88. The van der Waals surface area contributed by atoms with Gasteiger partial charge in [-0.25, -0.2) is 9.50 Å². The molecule has 0 aliphatic heterocycles. The van der Waals surface area contributed by atoms with Crippen molar-refractivity contribution < 1.29 is 9.53 Å². The van der Waals surface area contributed by atoms with Crippen LogP contribution < -0.4 is 0 Å². The summed E-state index contributed by atoms with van der Waals surface area (Å²) in [7, 11) is 1.86. The summed E-state index contributed by atoms with van der Waals surface area (Å²) in [6, 6.07) is 1.96. The predicted octanol–water partition coefficient (Wildman–Crippen LogP) is 2.31. The van der Waals surface area contributed by atoms with Crippen LogP contribution in [0.25, 0.3) is 5.65 Å². The molecule has 1 amide bonds. The van der Waals surface area contributed by atoms with E-state index >= 15 is 0 Å². The molecule has 0 spiro atoms. The van der Waals surface area contributed by atoms with E-state index in [1.807, 2.05) is 32.0 Å². The van der Waals surface area contributed by atoms with Crippen LogP contribution >= 0.6 is 0 Å². The zero-order valence-electron chi connectivity index (χ0n) is 14.4. The highest BCUT2D eigenvalue weighted by Crippen LogP contribution is 2.45. The zero-order valence-corrected chi connectivity index (χ0v) is 14.4. The number of nitrogens with zero attached hydrogens (tertiary/aromatic N) is 4. The molecule has 0 saturated heterocycles. The van der Waals surface area contributed by atoms with Crippen LogP contribution in [0.1, 0.15) is 43.2 Å². The molecule has 6 heteroatoms. The van der Waals surface area contributed by atoms with E-state index in [2.05, 4.69) is 23.9 Å². The number of fused-ring (bicyclic) bond motifs is 1. The largest absolute Gasteiger partial charge is 0.378 e. The zero-order chi connectivity index (χ0) is 16.8. The highest BCUT2D eigenvalue weighted by Gasteiger charge is 2.52. The van der Waals surface area contributed by atoms with Gasteiger partial charge < -0.3 is 9.64 Å². The maximum atomic E-state index is 13.0. The molecule has 124 valence electrons. The maximum absolute atomic E-state index is 13.0. The van der Waals surface area contributed by atoms with Crippen molar-refractivity contribution in [2.24, 2.45) is 5.41 Å². The molecule has 2 heterocycles. The number of ether oxygens (including phenoxy) is 1. The Labute approximate surface area is 136 Å². The number of carbonyl (C=O) groups excluding carboxylic acids is 1. The highest BCUT2D eigenvalue weighted by molar-refractivity contribution is 6.01. The summed E-state index contributed by atoms with van der Waals surface area (Å²) in [5.41, 5.74) is 1.85. The molecule has 23 heavy (non-hydrogen) atoms. The number of carbonyl (C=O) groups is 1. The monoisotopic (exact) mass is 316 g/mol. The number of rotatable bonds is 4. The highest BCUT2D eigenvalue weighted by atomic mass is 16.5. The second-order valence-corrected chi connectivity index (χ2v) is 6.78. The van der Waals surface area contributed by atoms with Crippen molar-refractivity contribution in [2.45, 2.75) is 46.3 Å². The number of aromatic nitrogens is 3. The van der Waals surface area contributed by atoms with Gasteiger partial charge in [0.15, 0.2) is 5.65 Å². The Balaban J connectivity index is 1.87. The van der Waals surface area contributed by atoms with Crippen LogP contribution in [0.2, 0.25) is 0 Å². The molecular weight excluding hydrogens is 292 g/mol. The molecule has 0 N–H and O–H groups in total. The molecule has 0 aromatic carbocycles. The van der Waals surface area contributed by atoms with Gasteiger partial charge in [-0.05, 0) is 26.3 Å². The van der Waals surface area contributed by atoms with Crippen molar-refractivity contribution in [1.82, 2.24) is 19.5 Å². The van der Waals surface area contributed by atoms with Gasteiger partial charge in [-0.2, -0.15) is 5.10 Å². The summed E-state index contributed by atoms with van der Waals surface area (Å²) in [5, 5.41) is 4.38. The number of aryl methyl sites for hydroxylation is 1.